The van der Waals surface area contributed by atoms with Gasteiger partial charge in [0, 0.05) is 0 Å². The van der Waals surface area contributed by atoms with Gasteiger partial charge in [-0.05, 0) is 0 Å². The quantitative estimate of drug-likeness (QED) is 0.453. The van der Waals surface area contributed by atoms with Crippen molar-refractivity contribution < 1.29 is 0 Å². The van der Waals surface area contributed by atoms with Crippen molar-refractivity contribution in [3.05, 3.63) is 0 Å². The van der Waals surface area contributed by atoms with Gasteiger partial charge in [-0.1, -0.05) is 40.3 Å². The Kier molecular flexibility index (Phi) is 116. The SMILES string of the molecule is CC.CC.[B]CC[B]. The summed E-state index contributed by atoms with van der Waals surface area (Å²) in [5, 5.41) is 0. The van der Waals surface area contributed by atoms with Gasteiger partial charge in [-0.3, -0.25) is 0 Å². The van der Waals surface area contributed by atoms with Gasteiger partial charge in [0.1, 0.15) is 0 Å². The van der Waals surface area contributed by atoms with Crippen molar-refractivity contribution >= 4 is 15.7 Å². The third-order valence-corrected chi connectivity index (χ3v) is 0.167. The Morgan fingerprint density at radius 3 is 0.875 bits per heavy atom. The molecule has 0 aromatic rings. The first-order valence-electron chi connectivity index (χ1n) is 3.32. The minimum Gasteiger partial charge on any atom is -0.0962 e. The molecule has 0 aromatic heterocycles. The van der Waals surface area contributed by atoms with Crippen LogP contribution in [0.15, 0.2) is 0 Å². The van der Waals surface area contributed by atoms with Crippen LogP contribution in [0.4, 0.5) is 0 Å². The molecule has 0 unspecified atom stereocenters. The van der Waals surface area contributed by atoms with E-state index in [1.54, 1.807) is 0 Å². The van der Waals surface area contributed by atoms with Crippen molar-refractivity contribution in [1.82, 2.24) is 0 Å². The molecule has 8 heavy (non-hydrogen) atoms. The van der Waals surface area contributed by atoms with Gasteiger partial charge in [0.25, 0.3) is 0 Å². The zero-order valence-electron chi connectivity index (χ0n) is 6.57. The Balaban J connectivity index is -0.0000000542. The largest absolute Gasteiger partial charge is 0.0962 e. The summed E-state index contributed by atoms with van der Waals surface area (Å²) in [4.78, 5) is 0. The predicted molar refractivity (Wildman–Crippen MR) is 43.8 cm³/mol. The van der Waals surface area contributed by atoms with Gasteiger partial charge >= 0.3 is 0 Å². The number of hydrogen-bond donors (Lipinski definition) is 0. The maximum atomic E-state index is 4.90. The highest BCUT2D eigenvalue weighted by Crippen LogP contribution is 1.70. The second-order valence-corrected chi connectivity index (χ2v) is 0.577. The van der Waals surface area contributed by atoms with Crippen LogP contribution in [0, 0.1) is 0 Å². The summed E-state index contributed by atoms with van der Waals surface area (Å²) in [6.07, 6.45) is 1.19. The van der Waals surface area contributed by atoms with Gasteiger partial charge in [-0.15, -0.1) is 0 Å². The highest BCUT2D eigenvalue weighted by atomic mass is 13.4. The third kappa shape index (κ3) is 126. The van der Waals surface area contributed by atoms with Gasteiger partial charge in [-0.2, -0.15) is 0 Å². The third-order valence-electron chi connectivity index (χ3n) is 0.167. The van der Waals surface area contributed by atoms with Gasteiger partial charge in [0.05, 0.1) is 15.7 Å². The molecule has 0 amide bonds. The standard InChI is InChI=1S/C2H4B2.2C2H6/c3-1-2-4;2*1-2/h1-2H2;2*1-2H3. The lowest BCUT2D eigenvalue weighted by molar-refractivity contribution is 1.46. The molecule has 0 N–H and O–H groups in total. The average molecular weight is 110 g/mol. The molecular weight excluding hydrogens is 93.7 g/mol. The van der Waals surface area contributed by atoms with Crippen LogP contribution in [0.5, 0.6) is 0 Å². The maximum absolute atomic E-state index is 4.90. The van der Waals surface area contributed by atoms with Crippen molar-refractivity contribution in [2.75, 3.05) is 0 Å². The summed E-state index contributed by atoms with van der Waals surface area (Å²) < 4.78 is 0. The van der Waals surface area contributed by atoms with E-state index in [9.17, 15) is 0 Å². The monoisotopic (exact) mass is 110 g/mol. The molecule has 0 rings (SSSR count). The van der Waals surface area contributed by atoms with Crippen LogP contribution >= 0.6 is 0 Å². The maximum Gasteiger partial charge on any atom is 0.0643 e. The first-order valence-corrected chi connectivity index (χ1v) is 3.32. The first-order chi connectivity index (χ1) is 3.91. The van der Waals surface area contributed by atoms with E-state index in [1.807, 2.05) is 27.7 Å². The van der Waals surface area contributed by atoms with Crippen LogP contribution in [0.2, 0.25) is 12.6 Å². The first kappa shape index (κ1) is 15.7. The molecule has 0 atom stereocenters. The van der Waals surface area contributed by atoms with Crippen LogP contribution in [-0.2, 0) is 0 Å². The van der Waals surface area contributed by atoms with E-state index in [0.717, 1.165) is 0 Å². The van der Waals surface area contributed by atoms with Crippen molar-refractivity contribution in [2.24, 2.45) is 0 Å². The lowest BCUT2D eigenvalue weighted by atomic mass is 9.91. The fourth-order valence-electron chi connectivity index (χ4n) is 0. The second-order valence-electron chi connectivity index (χ2n) is 0.577. The molecule has 0 saturated carbocycles. The van der Waals surface area contributed by atoms with Crippen LogP contribution in [-0.4, -0.2) is 15.7 Å². The highest BCUT2D eigenvalue weighted by Gasteiger charge is 1.57. The molecular formula is C6H16B2. The van der Waals surface area contributed by atoms with Crippen molar-refractivity contribution in [3.63, 3.8) is 0 Å². The lowest BCUT2D eigenvalue weighted by Crippen LogP contribution is -1.60. The summed E-state index contributed by atoms with van der Waals surface area (Å²) >= 11 is 0. The van der Waals surface area contributed by atoms with Gasteiger partial charge in [0.15, 0.2) is 0 Å². The Labute approximate surface area is 56.9 Å². The van der Waals surface area contributed by atoms with Crippen molar-refractivity contribution in [2.45, 2.75) is 40.3 Å². The molecule has 46 valence electrons. The molecule has 0 saturated heterocycles. The van der Waals surface area contributed by atoms with E-state index < -0.39 is 0 Å². The van der Waals surface area contributed by atoms with E-state index in [1.165, 1.54) is 0 Å². The molecule has 0 aromatic carbocycles. The summed E-state index contributed by atoms with van der Waals surface area (Å²) in [6, 6.07) is 0. The van der Waals surface area contributed by atoms with Crippen molar-refractivity contribution in [1.29, 1.82) is 0 Å². The Hall–Kier alpha value is 0.130. The zero-order chi connectivity index (χ0) is 7.41. The molecule has 4 radical (unpaired) electrons. The second kappa shape index (κ2) is 59.1. The topological polar surface area (TPSA) is 0 Å². The van der Waals surface area contributed by atoms with E-state index in [0.29, 0.717) is 12.6 Å². The van der Waals surface area contributed by atoms with Crippen LogP contribution in [0.3, 0.4) is 0 Å². The number of rotatable bonds is 1. The van der Waals surface area contributed by atoms with Gasteiger partial charge < -0.3 is 0 Å². The van der Waals surface area contributed by atoms with E-state index in [4.69, 9.17) is 15.7 Å². The van der Waals surface area contributed by atoms with Crippen LogP contribution in [0.1, 0.15) is 27.7 Å². The Bertz CT molecular complexity index is 8.49. The summed E-state index contributed by atoms with van der Waals surface area (Å²) in [6.45, 7) is 8.00. The number of hydrogen-bond acceptors (Lipinski definition) is 0. The predicted octanol–water partition coefficient (Wildman–Crippen LogP) is 2.21. The average Bonchev–Trinajstić information content (AvgIpc) is 1.96. The lowest BCUT2D eigenvalue weighted by Gasteiger charge is -1.67. The molecule has 0 heterocycles. The van der Waals surface area contributed by atoms with Crippen molar-refractivity contribution in [3.8, 4) is 0 Å². The Morgan fingerprint density at radius 2 is 0.875 bits per heavy atom. The fraction of sp³-hybridized carbons (Fsp3) is 1.00. The minimum atomic E-state index is 0.597. The van der Waals surface area contributed by atoms with E-state index >= 15 is 0 Å². The summed E-state index contributed by atoms with van der Waals surface area (Å²) in [5.41, 5.74) is 0. The van der Waals surface area contributed by atoms with Crippen LogP contribution in [0.25, 0.3) is 0 Å². The van der Waals surface area contributed by atoms with Crippen LogP contribution < -0.4 is 0 Å². The molecule has 0 spiro atoms. The fourth-order valence-corrected chi connectivity index (χ4v) is 0. The van der Waals surface area contributed by atoms with Gasteiger partial charge in [-0.25, -0.2) is 0 Å². The molecule has 2 heteroatoms. The summed E-state index contributed by atoms with van der Waals surface area (Å²) in [5.74, 6) is 0. The highest BCUT2D eigenvalue weighted by molar-refractivity contribution is 6.16. The van der Waals surface area contributed by atoms with E-state index in [-0.39, 0.29) is 0 Å². The summed E-state index contributed by atoms with van der Waals surface area (Å²) in [7, 11) is 9.81. The molecule has 0 fully saturated rings. The minimum absolute atomic E-state index is 0.597. The Morgan fingerprint density at radius 1 is 0.750 bits per heavy atom. The zero-order valence-corrected chi connectivity index (χ0v) is 6.57. The molecule has 0 aliphatic rings. The molecule has 0 aliphatic heterocycles. The van der Waals surface area contributed by atoms with E-state index in [2.05, 4.69) is 0 Å². The smallest absolute Gasteiger partial charge is 0.0643 e. The molecule has 0 bridgehead atoms. The normalized spacial score (nSPS) is 5.00. The molecule has 0 nitrogen and oxygen atoms in total. The van der Waals surface area contributed by atoms with Gasteiger partial charge in [0.2, 0.25) is 0 Å². The molecule has 0 aliphatic carbocycles.